The Hall–Kier alpha value is -2.04. The van der Waals surface area contributed by atoms with Gasteiger partial charge in [-0.25, -0.2) is 0 Å². The number of rotatable bonds is 5. The van der Waals surface area contributed by atoms with Crippen LogP contribution in [0.3, 0.4) is 0 Å². The van der Waals surface area contributed by atoms with Crippen molar-refractivity contribution in [1.29, 1.82) is 0 Å². The first-order chi connectivity index (χ1) is 10.9. The van der Waals surface area contributed by atoms with Gasteiger partial charge in [0.25, 0.3) is 0 Å². The smallest absolute Gasteiger partial charge is 0.418 e. The minimum Gasteiger partial charge on any atom is -0.466 e. The summed E-state index contributed by atoms with van der Waals surface area (Å²) in [4.78, 5) is 3.95. The highest BCUT2D eigenvalue weighted by Gasteiger charge is 2.44. The Balaban J connectivity index is 1.94. The van der Waals surface area contributed by atoms with Gasteiger partial charge in [0.15, 0.2) is 0 Å². The van der Waals surface area contributed by atoms with Gasteiger partial charge in [-0.2, -0.15) is 13.2 Å². The molecule has 5 heteroatoms. The van der Waals surface area contributed by atoms with Crippen LogP contribution in [0.15, 0.2) is 52.1 Å². The van der Waals surface area contributed by atoms with E-state index < -0.39 is 12.2 Å². The minimum atomic E-state index is -4.48. The SMILES string of the molecule is CC(=N[C@@H](c1occc1CC1CC1)C(F)(F)F)c1ccccc1. The van der Waals surface area contributed by atoms with Crippen LogP contribution in [0.2, 0.25) is 0 Å². The fraction of sp³-hybridized carbons (Fsp3) is 0.389. The zero-order chi connectivity index (χ0) is 16.4. The van der Waals surface area contributed by atoms with Crippen molar-refractivity contribution in [2.24, 2.45) is 10.9 Å². The molecule has 0 spiro atoms. The number of furan rings is 1. The van der Waals surface area contributed by atoms with E-state index in [-0.39, 0.29) is 5.76 Å². The Kier molecular flexibility index (Phi) is 4.28. The van der Waals surface area contributed by atoms with E-state index in [0.717, 1.165) is 12.8 Å². The molecule has 1 aliphatic carbocycles. The summed E-state index contributed by atoms with van der Waals surface area (Å²) in [6.07, 6.45) is -0.356. The van der Waals surface area contributed by atoms with E-state index in [1.165, 1.54) is 6.26 Å². The van der Waals surface area contributed by atoms with Crippen molar-refractivity contribution in [3.05, 3.63) is 59.5 Å². The Morgan fingerprint density at radius 1 is 1.22 bits per heavy atom. The van der Waals surface area contributed by atoms with E-state index in [9.17, 15) is 13.2 Å². The molecule has 122 valence electrons. The quantitative estimate of drug-likeness (QED) is 0.682. The van der Waals surface area contributed by atoms with Crippen LogP contribution in [-0.2, 0) is 6.42 Å². The maximum absolute atomic E-state index is 13.5. The van der Waals surface area contributed by atoms with E-state index in [4.69, 9.17) is 4.42 Å². The Morgan fingerprint density at radius 3 is 2.52 bits per heavy atom. The molecule has 1 saturated carbocycles. The van der Waals surface area contributed by atoms with Crippen molar-refractivity contribution in [3.8, 4) is 0 Å². The predicted molar refractivity (Wildman–Crippen MR) is 82.6 cm³/mol. The van der Waals surface area contributed by atoms with Gasteiger partial charge >= 0.3 is 6.18 Å². The number of halogens is 3. The second-order valence-electron chi connectivity index (χ2n) is 5.98. The molecular formula is C18H18F3NO. The third-order valence-corrected chi connectivity index (χ3v) is 4.06. The maximum atomic E-state index is 13.5. The van der Waals surface area contributed by atoms with Gasteiger partial charge < -0.3 is 4.42 Å². The van der Waals surface area contributed by atoms with Crippen LogP contribution >= 0.6 is 0 Å². The fourth-order valence-corrected chi connectivity index (χ4v) is 2.62. The molecule has 0 bridgehead atoms. The standard InChI is InChI=1S/C18H18F3NO/c1-12(14-5-3-2-4-6-14)22-17(18(19,20)21)16-15(9-10-23-16)11-13-7-8-13/h2-6,9-10,13,17H,7-8,11H2,1H3/t17-/m0/s1. The van der Waals surface area contributed by atoms with Gasteiger partial charge in [0.05, 0.1) is 6.26 Å². The van der Waals surface area contributed by atoms with Crippen LogP contribution in [0, 0.1) is 5.92 Å². The molecule has 2 nitrogen and oxygen atoms in total. The summed E-state index contributed by atoms with van der Waals surface area (Å²) < 4.78 is 45.8. The molecule has 23 heavy (non-hydrogen) atoms. The van der Waals surface area contributed by atoms with Crippen LogP contribution in [0.4, 0.5) is 13.2 Å². The van der Waals surface area contributed by atoms with Gasteiger partial charge in [-0.1, -0.05) is 30.3 Å². The third kappa shape index (κ3) is 3.84. The van der Waals surface area contributed by atoms with Gasteiger partial charge in [0.2, 0.25) is 6.04 Å². The molecule has 1 aromatic carbocycles. The maximum Gasteiger partial charge on any atom is 0.418 e. The number of benzene rings is 1. The zero-order valence-corrected chi connectivity index (χ0v) is 12.8. The molecule has 0 N–H and O–H groups in total. The Bertz CT molecular complexity index is 684. The van der Waals surface area contributed by atoms with Crippen LogP contribution in [0.5, 0.6) is 0 Å². The minimum absolute atomic E-state index is 0.0697. The van der Waals surface area contributed by atoms with E-state index in [2.05, 4.69) is 4.99 Å². The van der Waals surface area contributed by atoms with Crippen molar-refractivity contribution < 1.29 is 17.6 Å². The lowest BCUT2D eigenvalue weighted by Gasteiger charge is -2.17. The molecule has 0 radical (unpaired) electrons. The molecule has 1 aromatic heterocycles. The number of hydrogen-bond acceptors (Lipinski definition) is 2. The molecule has 0 saturated heterocycles. The summed E-state index contributed by atoms with van der Waals surface area (Å²) in [5, 5.41) is 0. The van der Waals surface area contributed by atoms with Gasteiger partial charge in [-0.15, -0.1) is 0 Å². The highest BCUT2D eigenvalue weighted by molar-refractivity contribution is 5.98. The zero-order valence-electron chi connectivity index (χ0n) is 12.8. The van der Waals surface area contributed by atoms with Gasteiger partial charge in [0, 0.05) is 5.71 Å². The Labute approximate surface area is 133 Å². The lowest BCUT2D eigenvalue weighted by Crippen LogP contribution is -2.21. The van der Waals surface area contributed by atoms with Crippen LogP contribution in [0.25, 0.3) is 0 Å². The highest BCUT2D eigenvalue weighted by atomic mass is 19.4. The first-order valence-electron chi connectivity index (χ1n) is 7.68. The second-order valence-corrected chi connectivity index (χ2v) is 5.98. The van der Waals surface area contributed by atoms with Crippen molar-refractivity contribution in [2.45, 2.75) is 38.4 Å². The summed E-state index contributed by atoms with van der Waals surface area (Å²) >= 11 is 0. The molecule has 0 unspecified atom stereocenters. The first-order valence-corrected chi connectivity index (χ1v) is 7.68. The summed E-state index contributed by atoms with van der Waals surface area (Å²) in [5.41, 5.74) is 1.65. The number of nitrogens with zero attached hydrogens (tertiary/aromatic N) is 1. The third-order valence-electron chi connectivity index (χ3n) is 4.06. The molecule has 2 aromatic rings. The van der Waals surface area contributed by atoms with Crippen molar-refractivity contribution in [3.63, 3.8) is 0 Å². The molecular weight excluding hydrogens is 303 g/mol. The predicted octanol–water partition coefficient (Wildman–Crippen LogP) is 5.34. The molecule has 0 aliphatic heterocycles. The lowest BCUT2D eigenvalue weighted by molar-refractivity contribution is -0.152. The van der Waals surface area contributed by atoms with Gasteiger partial charge in [0.1, 0.15) is 5.76 Å². The number of aliphatic imine (C=N–C) groups is 1. The average molecular weight is 321 g/mol. The van der Waals surface area contributed by atoms with Crippen LogP contribution < -0.4 is 0 Å². The summed E-state index contributed by atoms with van der Waals surface area (Å²) in [5.74, 6) is 0.416. The van der Waals surface area contributed by atoms with E-state index in [0.29, 0.717) is 29.2 Å². The van der Waals surface area contributed by atoms with Crippen LogP contribution in [-0.4, -0.2) is 11.9 Å². The molecule has 1 atom stereocenters. The Morgan fingerprint density at radius 2 is 1.91 bits per heavy atom. The van der Waals surface area contributed by atoms with Crippen molar-refractivity contribution in [2.75, 3.05) is 0 Å². The highest BCUT2D eigenvalue weighted by Crippen LogP contribution is 2.41. The molecule has 0 amide bonds. The van der Waals surface area contributed by atoms with Crippen molar-refractivity contribution >= 4 is 5.71 Å². The monoisotopic (exact) mass is 321 g/mol. The van der Waals surface area contributed by atoms with Gasteiger partial charge in [-0.3, -0.25) is 4.99 Å². The van der Waals surface area contributed by atoms with E-state index >= 15 is 0 Å². The summed E-state index contributed by atoms with van der Waals surface area (Å²) in [7, 11) is 0. The first kappa shape index (κ1) is 15.8. The normalized spacial score (nSPS) is 17.3. The largest absolute Gasteiger partial charge is 0.466 e. The molecule has 1 aliphatic rings. The van der Waals surface area contributed by atoms with Crippen molar-refractivity contribution in [1.82, 2.24) is 0 Å². The lowest BCUT2D eigenvalue weighted by atomic mass is 10.0. The van der Waals surface area contributed by atoms with Crippen LogP contribution in [0.1, 0.15) is 42.7 Å². The number of hydrogen-bond donors (Lipinski definition) is 0. The summed E-state index contributed by atoms with van der Waals surface area (Å²) in [6, 6.07) is 8.56. The fourth-order valence-electron chi connectivity index (χ4n) is 2.62. The average Bonchev–Trinajstić information content (AvgIpc) is 3.21. The molecule has 1 heterocycles. The molecule has 1 fully saturated rings. The van der Waals surface area contributed by atoms with E-state index in [1.54, 1.807) is 37.3 Å². The van der Waals surface area contributed by atoms with Gasteiger partial charge in [-0.05, 0) is 49.3 Å². The second kappa shape index (κ2) is 6.22. The number of alkyl halides is 3. The summed E-state index contributed by atoms with van der Waals surface area (Å²) in [6.45, 7) is 1.59. The topological polar surface area (TPSA) is 25.5 Å². The molecule has 3 rings (SSSR count). The van der Waals surface area contributed by atoms with E-state index in [1.807, 2.05) is 6.07 Å².